The molecule has 2 aromatic rings. The standard InChI is InChI=1S/C16H17FN2S/c1-2-4-15(16-5-3-6-20-16)19-11-13-7-12(10-18)8-14(17)9-13/h3,5-9,15,19H,2,4,11H2,1H3. The molecule has 0 aliphatic heterocycles. The van der Waals surface area contributed by atoms with Gasteiger partial charge in [0.2, 0.25) is 0 Å². The van der Waals surface area contributed by atoms with Crippen LogP contribution in [0, 0.1) is 17.1 Å². The highest BCUT2D eigenvalue weighted by atomic mass is 32.1. The lowest BCUT2D eigenvalue weighted by Gasteiger charge is -2.17. The Hall–Kier alpha value is -1.70. The maximum atomic E-state index is 13.4. The number of hydrogen-bond donors (Lipinski definition) is 1. The number of thiophene rings is 1. The molecule has 0 spiro atoms. The molecule has 0 aliphatic rings. The highest BCUT2D eigenvalue weighted by Crippen LogP contribution is 2.23. The zero-order chi connectivity index (χ0) is 14.4. The molecule has 1 aromatic carbocycles. The van der Waals surface area contributed by atoms with Crippen molar-refractivity contribution >= 4 is 11.3 Å². The van der Waals surface area contributed by atoms with E-state index >= 15 is 0 Å². The minimum absolute atomic E-state index is 0.286. The van der Waals surface area contributed by atoms with E-state index in [1.807, 2.05) is 12.1 Å². The fraction of sp³-hybridized carbons (Fsp3) is 0.312. The van der Waals surface area contributed by atoms with Crippen molar-refractivity contribution in [1.29, 1.82) is 5.26 Å². The van der Waals surface area contributed by atoms with Crippen molar-refractivity contribution in [1.82, 2.24) is 5.32 Å². The summed E-state index contributed by atoms with van der Waals surface area (Å²) in [7, 11) is 0. The van der Waals surface area contributed by atoms with Crippen LogP contribution in [0.1, 0.15) is 41.8 Å². The van der Waals surface area contributed by atoms with Crippen molar-refractivity contribution < 1.29 is 4.39 Å². The highest BCUT2D eigenvalue weighted by Gasteiger charge is 2.11. The lowest BCUT2D eigenvalue weighted by molar-refractivity contribution is 0.499. The number of hydrogen-bond acceptors (Lipinski definition) is 3. The average Bonchev–Trinajstić information content (AvgIpc) is 2.96. The van der Waals surface area contributed by atoms with Gasteiger partial charge in [0.1, 0.15) is 5.82 Å². The second-order valence-corrected chi connectivity index (χ2v) is 5.68. The van der Waals surface area contributed by atoms with Crippen LogP contribution < -0.4 is 5.32 Å². The van der Waals surface area contributed by atoms with E-state index in [1.54, 1.807) is 17.4 Å². The Balaban J connectivity index is 2.06. The molecule has 0 saturated carbocycles. The second-order valence-electron chi connectivity index (χ2n) is 4.70. The van der Waals surface area contributed by atoms with Gasteiger partial charge in [0.25, 0.3) is 0 Å². The highest BCUT2D eigenvalue weighted by molar-refractivity contribution is 7.10. The van der Waals surface area contributed by atoms with Crippen LogP contribution in [-0.4, -0.2) is 0 Å². The van der Waals surface area contributed by atoms with E-state index in [0.717, 1.165) is 18.4 Å². The van der Waals surface area contributed by atoms with Crippen molar-refractivity contribution in [3.63, 3.8) is 0 Å². The third kappa shape index (κ3) is 3.89. The third-order valence-corrected chi connectivity index (χ3v) is 4.09. The van der Waals surface area contributed by atoms with Crippen molar-refractivity contribution in [2.75, 3.05) is 0 Å². The van der Waals surface area contributed by atoms with Gasteiger partial charge in [0, 0.05) is 17.5 Å². The monoisotopic (exact) mass is 288 g/mol. The minimum atomic E-state index is -0.357. The molecule has 0 saturated heterocycles. The summed E-state index contributed by atoms with van der Waals surface area (Å²) in [6, 6.07) is 10.9. The van der Waals surface area contributed by atoms with Crippen LogP contribution in [0.3, 0.4) is 0 Å². The summed E-state index contributed by atoms with van der Waals surface area (Å²) in [6.45, 7) is 2.72. The summed E-state index contributed by atoms with van der Waals surface area (Å²) >= 11 is 1.73. The molecule has 20 heavy (non-hydrogen) atoms. The van der Waals surface area contributed by atoms with Gasteiger partial charge in [0.15, 0.2) is 0 Å². The predicted octanol–water partition coefficient (Wildman–Crippen LogP) is 4.39. The molecule has 2 nitrogen and oxygen atoms in total. The summed E-state index contributed by atoms with van der Waals surface area (Å²) in [6.07, 6.45) is 2.13. The molecular weight excluding hydrogens is 271 g/mol. The zero-order valence-corrected chi connectivity index (χ0v) is 12.2. The number of benzene rings is 1. The van der Waals surface area contributed by atoms with Crippen LogP contribution in [0.5, 0.6) is 0 Å². The zero-order valence-electron chi connectivity index (χ0n) is 11.4. The van der Waals surface area contributed by atoms with Crippen LogP contribution in [0.25, 0.3) is 0 Å². The largest absolute Gasteiger partial charge is 0.305 e. The summed E-state index contributed by atoms with van der Waals surface area (Å²) in [5, 5.41) is 14.4. The van der Waals surface area contributed by atoms with E-state index in [9.17, 15) is 4.39 Å². The maximum Gasteiger partial charge on any atom is 0.124 e. The number of nitrogens with zero attached hydrogens (tertiary/aromatic N) is 1. The van der Waals surface area contributed by atoms with E-state index in [-0.39, 0.29) is 11.9 Å². The van der Waals surface area contributed by atoms with Gasteiger partial charge in [-0.15, -0.1) is 11.3 Å². The van der Waals surface area contributed by atoms with Gasteiger partial charge in [-0.25, -0.2) is 4.39 Å². The smallest absolute Gasteiger partial charge is 0.124 e. The van der Waals surface area contributed by atoms with Crippen LogP contribution in [0.2, 0.25) is 0 Å². The van der Waals surface area contributed by atoms with Crippen LogP contribution in [0.15, 0.2) is 35.7 Å². The van der Waals surface area contributed by atoms with Gasteiger partial charge in [-0.1, -0.05) is 19.4 Å². The first-order chi connectivity index (χ1) is 9.72. The number of rotatable bonds is 6. The van der Waals surface area contributed by atoms with Gasteiger partial charge in [-0.2, -0.15) is 5.26 Å². The molecule has 1 heterocycles. The van der Waals surface area contributed by atoms with Crippen LogP contribution in [0.4, 0.5) is 4.39 Å². The molecule has 4 heteroatoms. The first kappa shape index (κ1) is 14.7. The van der Waals surface area contributed by atoms with Crippen molar-refractivity contribution in [3.05, 3.63) is 57.5 Å². The van der Waals surface area contributed by atoms with Gasteiger partial charge in [-0.05, 0) is 41.6 Å². The number of halogens is 1. The Morgan fingerprint density at radius 3 is 2.90 bits per heavy atom. The predicted molar refractivity (Wildman–Crippen MR) is 79.9 cm³/mol. The van der Waals surface area contributed by atoms with E-state index in [1.165, 1.54) is 17.0 Å². The van der Waals surface area contributed by atoms with Crippen LogP contribution in [-0.2, 0) is 6.54 Å². The molecule has 0 radical (unpaired) electrons. The summed E-state index contributed by atoms with van der Waals surface area (Å²) in [5.74, 6) is -0.357. The lowest BCUT2D eigenvalue weighted by Crippen LogP contribution is -2.20. The summed E-state index contributed by atoms with van der Waals surface area (Å²) in [5.41, 5.74) is 1.17. The lowest BCUT2D eigenvalue weighted by atomic mass is 10.1. The molecule has 2 rings (SSSR count). The number of nitriles is 1. The molecule has 1 atom stereocenters. The van der Waals surface area contributed by atoms with Gasteiger partial charge >= 0.3 is 0 Å². The Morgan fingerprint density at radius 1 is 1.40 bits per heavy atom. The first-order valence-electron chi connectivity index (χ1n) is 6.69. The van der Waals surface area contributed by atoms with E-state index in [0.29, 0.717) is 12.1 Å². The van der Waals surface area contributed by atoms with Gasteiger partial charge < -0.3 is 5.32 Å². The van der Waals surface area contributed by atoms with Crippen LogP contribution >= 0.6 is 11.3 Å². The summed E-state index contributed by atoms with van der Waals surface area (Å²) in [4.78, 5) is 1.30. The van der Waals surface area contributed by atoms with Gasteiger partial charge in [0.05, 0.1) is 11.6 Å². The van der Waals surface area contributed by atoms with E-state index in [2.05, 4.69) is 23.7 Å². The van der Waals surface area contributed by atoms with Crippen molar-refractivity contribution in [2.45, 2.75) is 32.4 Å². The molecule has 1 unspecified atom stereocenters. The molecular formula is C16H17FN2S. The van der Waals surface area contributed by atoms with Crippen molar-refractivity contribution in [2.24, 2.45) is 0 Å². The normalized spacial score (nSPS) is 12.1. The Labute approximate surface area is 122 Å². The molecule has 0 bridgehead atoms. The molecule has 0 amide bonds. The fourth-order valence-electron chi connectivity index (χ4n) is 2.18. The van der Waals surface area contributed by atoms with E-state index < -0.39 is 0 Å². The molecule has 0 fully saturated rings. The average molecular weight is 288 g/mol. The minimum Gasteiger partial charge on any atom is -0.305 e. The maximum absolute atomic E-state index is 13.4. The van der Waals surface area contributed by atoms with E-state index in [4.69, 9.17) is 5.26 Å². The SMILES string of the molecule is CCCC(NCc1cc(F)cc(C#N)c1)c1cccs1. The molecule has 0 aliphatic carbocycles. The Bertz CT molecular complexity index is 587. The van der Waals surface area contributed by atoms with Crippen molar-refractivity contribution in [3.8, 4) is 6.07 Å². The Kier molecular flexibility index (Phi) is 5.28. The number of nitrogens with one attached hydrogen (secondary N) is 1. The Morgan fingerprint density at radius 2 is 2.25 bits per heavy atom. The second kappa shape index (κ2) is 7.18. The molecule has 1 aromatic heterocycles. The third-order valence-electron chi connectivity index (χ3n) is 3.10. The molecule has 1 N–H and O–H groups in total. The molecule has 104 valence electrons. The summed E-state index contributed by atoms with van der Waals surface area (Å²) < 4.78 is 13.4. The quantitative estimate of drug-likeness (QED) is 0.855. The fourth-order valence-corrected chi connectivity index (χ4v) is 3.02. The first-order valence-corrected chi connectivity index (χ1v) is 7.57. The topological polar surface area (TPSA) is 35.8 Å². The van der Waals surface area contributed by atoms with Gasteiger partial charge in [-0.3, -0.25) is 0 Å².